The number of amides is 2. The van der Waals surface area contributed by atoms with Crippen LogP contribution in [0.3, 0.4) is 0 Å². The molecule has 4 N–H and O–H groups in total. The highest BCUT2D eigenvalue weighted by molar-refractivity contribution is 9.10. The Balaban J connectivity index is 1.87. The SMILES string of the molecule is CC1(C)C(=O)Nc2cc(C(=O)Nc3ccc(N)cc3Br)ccc21. The lowest BCUT2D eigenvalue weighted by atomic mass is 9.86. The van der Waals surface area contributed by atoms with Crippen LogP contribution in [-0.4, -0.2) is 11.8 Å². The highest BCUT2D eigenvalue weighted by Crippen LogP contribution is 2.37. The first kappa shape index (κ1) is 15.6. The highest BCUT2D eigenvalue weighted by Gasteiger charge is 2.38. The Morgan fingerprint density at radius 1 is 1.22 bits per heavy atom. The maximum atomic E-state index is 12.4. The van der Waals surface area contributed by atoms with Gasteiger partial charge < -0.3 is 16.4 Å². The second kappa shape index (κ2) is 5.38. The van der Waals surface area contributed by atoms with Crippen molar-refractivity contribution in [3.8, 4) is 0 Å². The second-order valence-electron chi connectivity index (χ2n) is 6.03. The van der Waals surface area contributed by atoms with Crippen LogP contribution >= 0.6 is 15.9 Å². The molecule has 2 amide bonds. The third kappa shape index (κ3) is 2.70. The summed E-state index contributed by atoms with van der Waals surface area (Å²) in [5.74, 6) is -0.316. The first-order valence-corrected chi connectivity index (χ1v) is 7.90. The molecule has 0 unspecified atom stereocenters. The van der Waals surface area contributed by atoms with E-state index in [1.165, 1.54) is 0 Å². The molecule has 0 spiro atoms. The van der Waals surface area contributed by atoms with Crippen LogP contribution in [0.2, 0.25) is 0 Å². The Bertz CT molecular complexity index is 831. The van der Waals surface area contributed by atoms with Crippen LogP contribution in [0.25, 0.3) is 0 Å². The molecule has 1 aliphatic heterocycles. The highest BCUT2D eigenvalue weighted by atomic mass is 79.9. The van der Waals surface area contributed by atoms with Crippen LogP contribution < -0.4 is 16.4 Å². The third-order valence-corrected chi connectivity index (χ3v) is 4.67. The molecule has 0 bridgehead atoms. The quantitative estimate of drug-likeness (QED) is 0.704. The molecule has 23 heavy (non-hydrogen) atoms. The van der Waals surface area contributed by atoms with Crippen molar-refractivity contribution < 1.29 is 9.59 Å². The summed E-state index contributed by atoms with van der Waals surface area (Å²) in [6.07, 6.45) is 0. The zero-order valence-electron chi connectivity index (χ0n) is 12.7. The normalized spacial score (nSPS) is 15.0. The van der Waals surface area contributed by atoms with Gasteiger partial charge in [-0.1, -0.05) is 6.07 Å². The van der Waals surface area contributed by atoms with Crippen molar-refractivity contribution in [3.05, 3.63) is 52.0 Å². The lowest BCUT2D eigenvalue weighted by Gasteiger charge is -2.15. The molecule has 3 rings (SSSR count). The smallest absolute Gasteiger partial charge is 0.255 e. The van der Waals surface area contributed by atoms with Gasteiger partial charge in [-0.3, -0.25) is 9.59 Å². The van der Waals surface area contributed by atoms with Gasteiger partial charge in [0, 0.05) is 21.4 Å². The van der Waals surface area contributed by atoms with Gasteiger partial charge in [-0.15, -0.1) is 0 Å². The van der Waals surface area contributed by atoms with Crippen LogP contribution in [0.15, 0.2) is 40.9 Å². The fraction of sp³-hybridized carbons (Fsp3) is 0.176. The van der Waals surface area contributed by atoms with Crippen LogP contribution in [0.4, 0.5) is 17.1 Å². The van der Waals surface area contributed by atoms with Gasteiger partial charge in [-0.2, -0.15) is 0 Å². The Morgan fingerprint density at radius 3 is 2.65 bits per heavy atom. The standard InChI is InChI=1S/C17H16BrN3O2/c1-17(2)11-5-3-9(7-14(11)21-16(17)23)15(22)20-13-6-4-10(19)8-12(13)18/h3-8H,19H2,1-2H3,(H,20,22)(H,21,23). The summed E-state index contributed by atoms with van der Waals surface area (Å²) >= 11 is 3.37. The number of nitrogen functional groups attached to an aromatic ring is 1. The van der Waals surface area contributed by atoms with E-state index in [0.717, 1.165) is 5.56 Å². The lowest BCUT2D eigenvalue weighted by Crippen LogP contribution is -2.26. The van der Waals surface area contributed by atoms with Gasteiger partial charge in [-0.05, 0) is 65.7 Å². The van der Waals surface area contributed by atoms with E-state index < -0.39 is 5.41 Å². The number of anilines is 3. The van der Waals surface area contributed by atoms with Crippen molar-refractivity contribution in [2.45, 2.75) is 19.3 Å². The van der Waals surface area contributed by atoms with Gasteiger partial charge in [0.15, 0.2) is 0 Å². The summed E-state index contributed by atoms with van der Waals surface area (Å²) in [6, 6.07) is 10.4. The van der Waals surface area contributed by atoms with E-state index in [1.54, 1.807) is 30.3 Å². The monoisotopic (exact) mass is 373 g/mol. The van der Waals surface area contributed by atoms with Crippen molar-refractivity contribution in [2.75, 3.05) is 16.4 Å². The molecule has 0 aliphatic carbocycles. The fourth-order valence-corrected chi connectivity index (χ4v) is 3.06. The second-order valence-corrected chi connectivity index (χ2v) is 6.89. The van der Waals surface area contributed by atoms with Crippen LogP contribution in [-0.2, 0) is 10.2 Å². The minimum atomic E-state index is -0.579. The van der Waals surface area contributed by atoms with E-state index in [2.05, 4.69) is 26.6 Å². The minimum absolute atomic E-state index is 0.0636. The Kier molecular flexibility index (Phi) is 3.64. The number of fused-ring (bicyclic) bond motifs is 1. The summed E-state index contributed by atoms with van der Waals surface area (Å²) in [7, 11) is 0. The molecule has 0 saturated heterocycles. The van der Waals surface area contributed by atoms with Gasteiger partial charge in [0.05, 0.1) is 11.1 Å². The van der Waals surface area contributed by atoms with Crippen LogP contribution in [0, 0.1) is 0 Å². The number of benzene rings is 2. The summed E-state index contributed by atoms with van der Waals surface area (Å²) < 4.78 is 0.710. The molecular formula is C17H16BrN3O2. The van der Waals surface area contributed by atoms with E-state index in [9.17, 15) is 9.59 Å². The lowest BCUT2D eigenvalue weighted by molar-refractivity contribution is -0.119. The minimum Gasteiger partial charge on any atom is -0.399 e. The number of rotatable bonds is 2. The van der Waals surface area contributed by atoms with Gasteiger partial charge in [0.1, 0.15) is 0 Å². The van der Waals surface area contributed by atoms with Crippen LogP contribution in [0.1, 0.15) is 29.8 Å². The van der Waals surface area contributed by atoms with Crippen molar-refractivity contribution >= 4 is 44.8 Å². The molecule has 0 atom stereocenters. The average molecular weight is 374 g/mol. The van der Waals surface area contributed by atoms with Crippen molar-refractivity contribution in [1.29, 1.82) is 0 Å². The number of halogens is 1. The van der Waals surface area contributed by atoms with Crippen LogP contribution in [0.5, 0.6) is 0 Å². The molecule has 0 saturated carbocycles. The maximum Gasteiger partial charge on any atom is 0.255 e. The Labute approximate surface area is 142 Å². The van der Waals surface area contributed by atoms with Crippen molar-refractivity contribution in [2.24, 2.45) is 0 Å². The molecule has 0 fully saturated rings. The molecule has 6 heteroatoms. The van der Waals surface area contributed by atoms with Crippen molar-refractivity contribution in [3.63, 3.8) is 0 Å². The van der Waals surface area contributed by atoms with Crippen molar-refractivity contribution in [1.82, 2.24) is 0 Å². The summed E-state index contributed by atoms with van der Waals surface area (Å²) in [5.41, 5.74) is 8.41. The molecule has 118 valence electrons. The number of nitrogens with two attached hydrogens (primary N) is 1. The number of carbonyl (C=O) groups is 2. The average Bonchev–Trinajstić information content (AvgIpc) is 2.71. The largest absolute Gasteiger partial charge is 0.399 e. The first-order valence-electron chi connectivity index (χ1n) is 7.11. The Hall–Kier alpha value is -2.34. The molecule has 0 aromatic heterocycles. The summed E-state index contributed by atoms with van der Waals surface area (Å²) in [6.45, 7) is 3.72. The van der Waals surface area contributed by atoms with Gasteiger partial charge in [0.2, 0.25) is 5.91 Å². The van der Waals surface area contributed by atoms with Gasteiger partial charge >= 0.3 is 0 Å². The zero-order valence-corrected chi connectivity index (χ0v) is 14.3. The topological polar surface area (TPSA) is 84.2 Å². The molecule has 1 heterocycles. The summed E-state index contributed by atoms with van der Waals surface area (Å²) in [4.78, 5) is 24.4. The van der Waals surface area contributed by atoms with Gasteiger partial charge in [-0.25, -0.2) is 0 Å². The number of nitrogens with one attached hydrogen (secondary N) is 2. The fourth-order valence-electron chi connectivity index (χ4n) is 2.56. The number of carbonyl (C=O) groups excluding carboxylic acids is 2. The molecule has 0 radical (unpaired) electrons. The van der Waals surface area contributed by atoms with E-state index in [0.29, 0.717) is 27.1 Å². The van der Waals surface area contributed by atoms with E-state index in [-0.39, 0.29) is 11.8 Å². The van der Waals surface area contributed by atoms with E-state index in [1.807, 2.05) is 19.9 Å². The molecule has 2 aromatic rings. The van der Waals surface area contributed by atoms with Gasteiger partial charge in [0.25, 0.3) is 5.91 Å². The summed E-state index contributed by atoms with van der Waals surface area (Å²) in [5, 5.41) is 5.64. The molecule has 1 aliphatic rings. The zero-order chi connectivity index (χ0) is 16.8. The molecular weight excluding hydrogens is 358 g/mol. The number of hydrogen-bond donors (Lipinski definition) is 3. The Morgan fingerprint density at radius 2 is 1.96 bits per heavy atom. The predicted octanol–water partition coefficient (Wildman–Crippen LogP) is 3.51. The molecule has 5 nitrogen and oxygen atoms in total. The molecule has 2 aromatic carbocycles. The maximum absolute atomic E-state index is 12.4. The third-order valence-electron chi connectivity index (χ3n) is 4.01. The van der Waals surface area contributed by atoms with E-state index >= 15 is 0 Å². The van der Waals surface area contributed by atoms with E-state index in [4.69, 9.17) is 5.73 Å². The number of hydrogen-bond acceptors (Lipinski definition) is 3. The first-order chi connectivity index (χ1) is 10.8. The predicted molar refractivity (Wildman–Crippen MR) is 94.6 cm³/mol.